The van der Waals surface area contributed by atoms with Crippen LogP contribution in [0.15, 0.2) is 60.7 Å². The van der Waals surface area contributed by atoms with Crippen molar-refractivity contribution in [3.63, 3.8) is 0 Å². The van der Waals surface area contributed by atoms with Gasteiger partial charge in [0.15, 0.2) is 0 Å². The molecule has 3 rings (SSSR count). The average Bonchev–Trinajstić information content (AvgIpc) is 2.72. The van der Waals surface area contributed by atoms with Gasteiger partial charge in [0.25, 0.3) is 5.69 Å². The van der Waals surface area contributed by atoms with E-state index in [1.165, 1.54) is 25.3 Å². The van der Waals surface area contributed by atoms with Gasteiger partial charge in [0.1, 0.15) is 11.8 Å². The Kier molecular flexibility index (Phi) is 6.26. The van der Waals surface area contributed by atoms with Crippen LogP contribution in [0.4, 0.5) is 5.69 Å². The van der Waals surface area contributed by atoms with E-state index in [9.17, 15) is 24.8 Å². The molecule has 30 heavy (non-hydrogen) atoms. The van der Waals surface area contributed by atoms with Gasteiger partial charge >= 0.3 is 5.97 Å². The molecule has 0 heterocycles. The molecule has 3 aromatic rings. The van der Waals surface area contributed by atoms with Crippen molar-refractivity contribution in [1.29, 1.82) is 0 Å². The van der Waals surface area contributed by atoms with E-state index in [4.69, 9.17) is 4.74 Å². The Hall–Kier alpha value is -3.94. The molecule has 0 aliphatic carbocycles. The Morgan fingerprint density at radius 2 is 1.83 bits per heavy atom. The summed E-state index contributed by atoms with van der Waals surface area (Å²) in [5, 5.41) is 25.1. The molecule has 0 unspecified atom stereocenters. The molecule has 3 aromatic carbocycles. The van der Waals surface area contributed by atoms with Crippen LogP contribution in [0.25, 0.3) is 10.8 Å². The van der Waals surface area contributed by atoms with Crippen molar-refractivity contribution in [2.24, 2.45) is 0 Å². The van der Waals surface area contributed by atoms with Gasteiger partial charge in [-0.2, -0.15) is 0 Å². The highest BCUT2D eigenvalue weighted by molar-refractivity contribution is 5.87. The van der Waals surface area contributed by atoms with Gasteiger partial charge in [0.2, 0.25) is 5.91 Å². The zero-order valence-electron chi connectivity index (χ0n) is 16.2. The smallest absolute Gasteiger partial charge is 0.326 e. The van der Waals surface area contributed by atoms with Crippen molar-refractivity contribution >= 4 is 28.3 Å². The molecule has 0 fully saturated rings. The van der Waals surface area contributed by atoms with Gasteiger partial charge in [-0.3, -0.25) is 14.9 Å². The van der Waals surface area contributed by atoms with E-state index >= 15 is 0 Å². The number of carboxylic acid groups (broad SMARTS) is 1. The van der Waals surface area contributed by atoms with E-state index < -0.39 is 22.8 Å². The number of nitro groups is 1. The van der Waals surface area contributed by atoms with E-state index in [1.807, 2.05) is 42.5 Å². The van der Waals surface area contributed by atoms with E-state index in [0.29, 0.717) is 11.3 Å². The highest BCUT2D eigenvalue weighted by Crippen LogP contribution is 2.25. The van der Waals surface area contributed by atoms with Gasteiger partial charge < -0.3 is 15.2 Å². The van der Waals surface area contributed by atoms with Crippen LogP contribution in [0, 0.1) is 10.1 Å². The van der Waals surface area contributed by atoms with Crippen LogP contribution in [0.2, 0.25) is 0 Å². The van der Waals surface area contributed by atoms with E-state index in [2.05, 4.69) is 5.32 Å². The summed E-state index contributed by atoms with van der Waals surface area (Å²) in [6.07, 6.45) is -0.135. The minimum atomic E-state index is -1.26. The number of ether oxygens (including phenoxy) is 1. The molecule has 154 valence electrons. The highest BCUT2D eigenvalue weighted by Gasteiger charge is 2.23. The maximum Gasteiger partial charge on any atom is 0.326 e. The minimum Gasteiger partial charge on any atom is -0.496 e. The average molecular weight is 408 g/mol. The number of benzene rings is 3. The van der Waals surface area contributed by atoms with Crippen LogP contribution in [0.1, 0.15) is 11.1 Å². The first-order chi connectivity index (χ1) is 14.4. The van der Waals surface area contributed by atoms with Gasteiger partial charge in [-0.25, -0.2) is 4.79 Å². The van der Waals surface area contributed by atoms with Crippen LogP contribution in [0.5, 0.6) is 5.75 Å². The van der Waals surface area contributed by atoms with Gasteiger partial charge in [-0.05, 0) is 22.4 Å². The van der Waals surface area contributed by atoms with Gasteiger partial charge in [-0.15, -0.1) is 0 Å². The summed E-state index contributed by atoms with van der Waals surface area (Å²) < 4.78 is 5.17. The molecule has 0 aliphatic heterocycles. The molecule has 2 N–H and O–H groups in total. The molecule has 0 bridgehead atoms. The monoisotopic (exact) mass is 408 g/mol. The number of carbonyl (C=O) groups excluding carboxylic acids is 1. The molecule has 0 spiro atoms. The number of aliphatic carboxylic acids is 1. The molecule has 0 aromatic heterocycles. The number of hydrogen-bond acceptors (Lipinski definition) is 5. The number of carbonyl (C=O) groups is 2. The fourth-order valence-corrected chi connectivity index (χ4v) is 3.24. The van der Waals surface area contributed by atoms with Crippen LogP contribution < -0.4 is 10.1 Å². The number of amides is 1. The predicted octanol–water partition coefficient (Wildman–Crippen LogP) is 3.11. The summed E-state index contributed by atoms with van der Waals surface area (Å²) in [5.74, 6) is -1.38. The fraction of sp³-hybridized carbons (Fsp3) is 0.182. The number of nitrogens with zero attached hydrogens (tertiary/aromatic N) is 1. The Labute approximate surface area is 172 Å². The molecule has 8 heteroatoms. The highest BCUT2D eigenvalue weighted by atomic mass is 16.6. The Bertz CT molecular complexity index is 1110. The largest absolute Gasteiger partial charge is 0.496 e. The number of fused-ring (bicyclic) bond motifs is 1. The number of carboxylic acids is 1. The molecule has 0 aliphatic rings. The second-order valence-corrected chi connectivity index (χ2v) is 6.77. The summed E-state index contributed by atoms with van der Waals surface area (Å²) in [4.78, 5) is 34.6. The third-order valence-electron chi connectivity index (χ3n) is 4.71. The second kappa shape index (κ2) is 9.04. The molecule has 1 amide bonds. The summed E-state index contributed by atoms with van der Waals surface area (Å²) in [7, 11) is 1.39. The van der Waals surface area contributed by atoms with Crippen LogP contribution in [-0.2, 0) is 22.4 Å². The molecular weight excluding hydrogens is 388 g/mol. The molecule has 8 nitrogen and oxygen atoms in total. The van der Waals surface area contributed by atoms with Crippen LogP contribution in [0.3, 0.4) is 0 Å². The van der Waals surface area contributed by atoms with Crippen LogP contribution in [-0.4, -0.2) is 35.1 Å². The summed E-state index contributed by atoms with van der Waals surface area (Å²) in [6.45, 7) is 0. The van der Waals surface area contributed by atoms with Gasteiger partial charge in [-0.1, -0.05) is 42.5 Å². The number of nitrogens with one attached hydrogen (secondary N) is 1. The number of rotatable bonds is 8. The minimum absolute atomic E-state index is 0.0146. The quantitative estimate of drug-likeness (QED) is 0.437. The molecular formula is C22H20N2O6. The maximum atomic E-state index is 12.5. The second-order valence-electron chi connectivity index (χ2n) is 6.77. The Balaban J connectivity index is 1.75. The molecule has 0 saturated heterocycles. The number of hydrogen-bond donors (Lipinski definition) is 2. The topological polar surface area (TPSA) is 119 Å². The van der Waals surface area contributed by atoms with Crippen molar-refractivity contribution in [3.05, 3.63) is 81.9 Å². The summed E-state index contributed by atoms with van der Waals surface area (Å²) in [5.41, 5.74) is 0.894. The molecule has 1 atom stereocenters. The van der Waals surface area contributed by atoms with E-state index in [0.717, 1.165) is 16.3 Å². The van der Waals surface area contributed by atoms with Gasteiger partial charge in [0, 0.05) is 24.1 Å². The first-order valence-corrected chi connectivity index (χ1v) is 9.18. The van der Waals surface area contributed by atoms with Crippen molar-refractivity contribution in [3.8, 4) is 5.75 Å². The number of non-ortho nitro benzene ring substituents is 1. The SMILES string of the molecule is COc1ccc([N+](=O)[O-])cc1C[C@H](NC(=O)Cc1ccc2ccccc2c1)C(=O)O. The molecule has 0 saturated carbocycles. The lowest BCUT2D eigenvalue weighted by molar-refractivity contribution is -0.384. The lowest BCUT2D eigenvalue weighted by Gasteiger charge is -2.16. The Morgan fingerprint density at radius 3 is 2.50 bits per heavy atom. The first-order valence-electron chi connectivity index (χ1n) is 9.18. The number of nitro benzene ring substituents is 1. The van der Waals surface area contributed by atoms with Crippen LogP contribution >= 0.6 is 0 Å². The standard InChI is InChI=1S/C22H20N2O6/c1-30-20-9-8-18(24(28)29)12-17(20)13-19(22(26)27)23-21(25)11-14-6-7-15-4-2-3-5-16(15)10-14/h2-10,12,19H,11,13H2,1H3,(H,23,25)(H,26,27)/t19-/m0/s1. The lowest BCUT2D eigenvalue weighted by Crippen LogP contribution is -2.43. The third kappa shape index (κ3) is 4.91. The van der Waals surface area contributed by atoms with Crippen molar-refractivity contribution < 1.29 is 24.4 Å². The molecule has 0 radical (unpaired) electrons. The Morgan fingerprint density at radius 1 is 1.10 bits per heavy atom. The van der Waals surface area contributed by atoms with Crippen molar-refractivity contribution in [1.82, 2.24) is 5.32 Å². The maximum absolute atomic E-state index is 12.5. The van der Waals surface area contributed by atoms with E-state index in [1.54, 1.807) is 0 Å². The first kappa shape index (κ1) is 20.8. The zero-order chi connectivity index (χ0) is 21.7. The number of methoxy groups -OCH3 is 1. The third-order valence-corrected chi connectivity index (χ3v) is 4.71. The van der Waals surface area contributed by atoms with Crippen molar-refractivity contribution in [2.45, 2.75) is 18.9 Å². The van der Waals surface area contributed by atoms with E-state index in [-0.39, 0.29) is 18.5 Å². The van der Waals surface area contributed by atoms with Gasteiger partial charge in [0.05, 0.1) is 18.5 Å². The summed E-state index contributed by atoms with van der Waals surface area (Å²) in [6, 6.07) is 16.0. The predicted molar refractivity (Wildman–Crippen MR) is 111 cm³/mol. The summed E-state index contributed by atoms with van der Waals surface area (Å²) >= 11 is 0. The fourth-order valence-electron chi connectivity index (χ4n) is 3.24. The van der Waals surface area contributed by atoms with Crippen molar-refractivity contribution in [2.75, 3.05) is 7.11 Å². The lowest BCUT2D eigenvalue weighted by atomic mass is 10.0. The zero-order valence-corrected chi connectivity index (χ0v) is 16.2. The normalized spacial score (nSPS) is 11.6.